The number of furan rings is 1. The molecule has 4 rings (SSSR count). The second kappa shape index (κ2) is 5.23. The van der Waals surface area contributed by atoms with Crippen LogP contribution in [0.2, 0.25) is 0 Å². The number of aromatic amines is 1. The van der Waals surface area contributed by atoms with E-state index < -0.39 is 0 Å². The lowest BCUT2D eigenvalue weighted by atomic mass is 10.0. The van der Waals surface area contributed by atoms with Crippen LogP contribution in [-0.4, -0.2) is 40.5 Å². The van der Waals surface area contributed by atoms with Gasteiger partial charge in [-0.2, -0.15) is 5.10 Å². The standard InChI is InChI=1S/C17H16N4O3/c1-9-11-7-10(3-4-13(11)20-19-9)18-16(22)12-8-24-14-5-6-21(2)17(23)15(12)14/h3-4,7-8H,5-6H2,1-2H3,(H,18,22)(H,19,20). The number of fused-ring (bicyclic) bond motifs is 2. The van der Waals surface area contributed by atoms with E-state index in [1.165, 1.54) is 6.26 Å². The van der Waals surface area contributed by atoms with E-state index in [0.717, 1.165) is 16.6 Å². The van der Waals surface area contributed by atoms with E-state index in [1.807, 2.05) is 19.1 Å². The monoisotopic (exact) mass is 324 g/mol. The summed E-state index contributed by atoms with van der Waals surface area (Å²) in [4.78, 5) is 26.5. The number of anilines is 1. The molecule has 0 aliphatic carbocycles. The second-order valence-electron chi connectivity index (χ2n) is 5.96. The molecule has 0 spiro atoms. The normalized spacial score (nSPS) is 14.1. The number of amides is 2. The molecule has 2 N–H and O–H groups in total. The van der Waals surface area contributed by atoms with Crippen LogP contribution in [0.4, 0.5) is 5.69 Å². The van der Waals surface area contributed by atoms with Crippen molar-refractivity contribution in [3.05, 3.63) is 47.0 Å². The zero-order chi connectivity index (χ0) is 16.8. The number of aryl methyl sites for hydroxylation is 1. The van der Waals surface area contributed by atoms with E-state index in [0.29, 0.717) is 30.0 Å². The van der Waals surface area contributed by atoms with Crippen molar-refractivity contribution in [2.24, 2.45) is 0 Å². The fourth-order valence-corrected chi connectivity index (χ4v) is 2.96. The van der Waals surface area contributed by atoms with Crippen molar-refractivity contribution in [1.29, 1.82) is 0 Å². The largest absolute Gasteiger partial charge is 0.468 e. The Hall–Kier alpha value is -3.09. The van der Waals surface area contributed by atoms with E-state index in [4.69, 9.17) is 4.42 Å². The number of benzene rings is 1. The number of carbonyl (C=O) groups is 2. The molecule has 1 aromatic carbocycles. The number of nitrogens with one attached hydrogen (secondary N) is 2. The van der Waals surface area contributed by atoms with Gasteiger partial charge in [-0.05, 0) is 25.1 Å². The van der Waals surface area contributed by atoms with Crippen molar-refractivity contribution in [1.82, 2.24) is 15.1 Å². The first-order valence-electron chi connectivity index (χ1n) is 7.66. The minimum Gasteiger partial charge on any atom is -0.468 e. The van der Waals surface area contributed by atoms with Gasteiger partial charge in [0.1, 0.15) is 12.0 Å². The van der Waals surface area contributed by atoms with Crippen molar-refractivity contribution in [2.75, 3.05) is 18.9 Å². The van der Waals surface area contributed by atoms with Crippen molar-refractivity contribution in [3.8, 4) is 0 Å². The SMILES string of the molecule is Cc1[nH]nc2ccc(NC(=O)c3coc4c3C(=O)N(C)CC4)cc12. The molecule has 7 heteroatoms. The summed E-state index contributed by atoms with van der Waals surface area (Å²) in [5.41, 5.74) is 3.04. The average Bonchev–Trinajstić information content (AvgIpc) is 3.16. The summed E-state index contributed by atoms with van der Waals surface area (Å²) in [6, 6.07) is 5.46. The summed E-state index contributed by atoms with van der Waals surface area (Å²) in [7, 11) is 1.72. The zero-order valence-electron chi connectivity index (χ0n) is 13.3. The van der Waals surface area contributed by atoms with Crippen LogP contribution in [0.1, 0.15) is 32.2 Å². The van der Waals surface area contributed by atoms with E-state index in [2.05, 4.69) is 15.5 Å². The minimum atomic E-state index is -0.357. The fraction of sp³-hybridized carbons (Fsp3) is 0.235. The van der Waals surface area contributed by atoms with Crippen molar-refractivity contribution in [3.63, 3.8) is 0 Å². The zero-order valence-corrected chi connectivity index (χ0v) is 13.3. The third kappa shape index (κ3) is 2.17. The van der Waals surface area contributed by atoms with Gasteiger partial charge in [-0.25, -0.2) is 0 Å². The Morgan fingerprint density at radius 1 is 1.42 bits per heavy atom. The lowest BCUT2D eigenvalue weighted by Gasteiger charge is -2.21. The van der Waals surface area contributed by atoms with Gasteiger partial charge in [0.25, 0.3) is 11.8 Å². The van der Waals surface area contributed by atoms with Gasteiger partial charge in [-0.1, -0.05) is 0 Å². The maximum Gasteiger partial charge on any atom is 0.259 e. The number of rotatable bonds is 2. The molecule has 24 heavy (non-hydrogen) atoms. The van der Waals surface area contributed by atoms with Gasteiger partial charge in [0, 0.05) is 36.8 Å². The number of H-pyrrole nitrogens is 1. The van der Waals surface area contributed by atoms with Gasteiger partial charge >= 0.3 is 0 Å². The summed E-state index contributed by atoms with van der Waals surface area (Å²) in [6.45, 7) is 2.51. The molecular formula is C17H16N4O3. The van der Waals surface area contributed by atoms with Crippen molar-refractivity contribution in [2.45, 2.75) is 13.3 Å². The second-order valence-corrected chi connectivity index (χ2v) is 5.96. The molecule has 0 saturated heterocycles. The van der Waals surface area contributed by atoms with Crippen LogP contribution in [-0.2, 0) is 6.42 Å². The molecule has 3 heterocycles. The van der Waals surface area contributed by atoms with Crippen molar-refractivity contribution < 1.29 is 14.0 Å². The number of hydrogen-bond donors (Lipinski definition) is 2. The van der Waals surface area contributed by atoms with Crippen LogP contribution in [0.5, 0.6) is 0 Å². The molecule has 0 saturated carbocycles. The van der Waals surface area contributed by atoms with E-state index in [-0.39, 0.29) is 17.4 Å². The summed E-state index contributed by atoms with van der Waals surface area (Å²) >= 11 is 0. The highest BCUT2D eigenvalue weighted by Gasteiger charge is 2.30. The maximum absolute atomic E-state index is 12.6. The summed E-state index contributed by atoms with van der Waals surface area (Å²) in [6.07, 6.45) is 1.98. The molecule has 1 aliphatic rings. The molecule has 1 aliphatic heterocycles. The van der Waals surface area contributed by atoms with Gasteiger partial charge < -0.3 is 14.6 Å². The molecule has 2 aromatic heterocycles. The predicted molar refractivity (Wildman–Crippen MR) is 88.2 cm³/mol. The lowest BCUT2D eigenvalue weighted by molar-refractivity contribution is 0.0770. The minimum absolute atomic E-state index is 0.184. The molecule has 0 atom stereocenters. The Morgan fingerprint density at radius 3 is 3.08 bits per heavy atom. The highest BCUT2D eigenvalue weighted by atomic mass is 16.3. The van der Waals surface area contributed by atoms with Crippen LogP contribution >= 0.6 is 0 Å². The molecule has 0 bridgehead atoms. The van der Waals surface area contributed by atoms with E-state index >= 15 is 0 Å². The quantitative estimate of drug-likeness (QED) is 0.757. The number of aromatic nitrogens is 2. The van der Waals surface area contributed by atoms with E-state index in [1.54, 1.807) is 18.0 Å². The molecule has 3 aromatic rings. The molecule has 122 valence electrons. The van der Waals surface area contributed by atoms with Crippen LogP contribution in [0.15, 0.2) is 28.9 Å². The summed E-state index contributed by atoms with van der Waals surface area (Å²) < 4.78 is 5.42. The van der Waals surface area contributed by atoms with Gasteiger partial charge in [0.05, 0.1) is 16.6 Å². The Kier molecular flexibility index (Phi) is 3.16. The third-order valence-electron chi connectivity index (χ3n) is 4.35. The van der Waals surface area contributed by atoms with Crippen LogP contribution < -0.4 is 5.32 Å². The molecule has 0 unspecified atom stereocenters. The molecule has 0 radical (unpaired) electrons. The van der Waals surface area contributed by atoms with Gasteiger partial charge in [-0.15, -0.1) is 0 Å². The van der Waals surface area contributed by atoms with Crippen LogP contribution in [0.3, 0.4) is 0 Å². The molecule has 0 fully saturated rings. The third-order valence-corrected chi connectivity index (χ3v) is 4.35. The molecular weight excluding hydrogens is 308 g/mol. The number of likely N-dealkylation sites (N-methyl/N-ethyl adjacent to an activating group) is 1. The van der Waals surface area contributed by atoms with Gasteiger partial charge in [-0.3, -0.25) is 14.7 Å². The fourth-order valence-electron chi connectivity index (χ4n) is 2.96. The molecule has 2 amide bonds. The smallest absolute Gasteiger partial charge is 0.259 e. The van der Waals surface area contributed by atoms with Gasteiger partial charge in [0.2, 0.25) is 0 Å². The first-order valence-corrected chi connectivity index (χ1v) is 7.66. The Balaban J connectivity index is 1.66. The number of nitrogens with zero attached hydrogens (tertiary/aromatic N) is 2. The summed E-state index contributed by atoms with van der Waals surface area (Å²) in [5, 5.41) is 10.8. The first-order chi connectivity index (χ1) is 11.5. The topological polar surface area (TPSA) is 91.2 Å². The highest BCUT2D eigenvalue weighted by molar-refractivity contribution is 6.13. The van der Waals surface area contributed by atoms with Crippen molar-refractivity contribution >= 4 is 28.4 Å². The summed E-state index contributed by atoms with van der Waals surface area (Å²) in [5.74, 6) is 0.0322. The van der Waals surface area contributed by atoms with Crippen LogP contribution in [0, 0.1) is 6.92 Å². The highest BCUT2D eigenvalue weighted by Crippen LogP contribution is 2.26. The Labute approximate surface area is 137 Å². The lowest BCUT2D eigenvalue weighted by Crippen LogP contribution is -2.34. The van der Waals surface area contributed by atoms with Crippen LogP contribution in [0.25, 0.3) is 10.9 Å². The Morgan fingerprint density at radius 2 is 2.25 bits per heavy atom. The first kappa shape index (κ1) is 14.5. The Bertz CT molecular complexity index is 970. The average molecular weight is 324 g/mol. The van der Waals surface area contributed by atoms with Gasteiger partial charge in [0.15, 0.2) is 0 Å². The number of carbonyl (C=O) groups excluding carboxylic acids is 2. The van der Waals surface area contributed by atoms with E-state index in [9.17, 15) is 9.59 Å². The number of hydrogen-bond acceptors (Lipinski definition) is 4. The predicted octanol–water partition coefficient (Wildman–Crippen LogP) is 2.34. The maximum atomic E-state index is 12.6. The molecule has 7 nitrogen and oxygen atoms in total.